The molecule has 0 aliphatic carbocycles. The highest BCUT2D eigenvalue weighted by Crippen LogP contribution is 2.22. The van der Waals surface area contributed by atoms with Gasteiger partial charge in [-0.1, -0.05) is 17.7 Å². The number of benzene rings is 2. The Balaban J connectivity index is 1.83. The summed E-state index contributed by atoms with van der Waals surface area (Å²) in [5, 5.41) is 5.16. The Kier molecular flexibility index (Phi) is 6.44. The molecule has 8 heteroatoms. The number of anilines is 2. The van der Waals surface area contributed by atoms with Gasteiger partial charge >= 0.3 is 0 Å². The van der Waals surface area contributed by atoms with E-state index in [-0.39, 0.29) is 29.7 Å². The summed E-state index contributed by atoms with van der Waals surface area (Å²) in [5.74, 6) is -1.76. The van der Waals surface area contributed by atoms with Crippen LogP contribution in [0.2, 0.25) is 5.02 Å². The van der Waals surface area contributed by atoms with Gasteiger partial charge in [-0.3, -0.25) is 14.5 Å². The summed E-state index contributed by atoms with van der Waals surface area (Å²) >= 11 is 5.83. The molecule has 0 radical (unpaired) electrons. The molecule has 2 amide bonds. The summed E-state index contributed by atoms with van der Waals surface area (Å²) in [6.45, 7) is -0.147. The Morgan fingerprint density at radius 1 is 1.00 bits per heavy atom. The first-order valence-electron chi connectivity index (χ1n) is 7.32. The predicted molar refractivity (Wildman–Crippen MR) is 92.6 cm³/mol. The van der Waals surface area contributed by atoms with Crippen LogP contribution in [0.1, 0.15) is 0 Å². The summed E-state index contributed by atoms with van der Waals surface area (Å²) in [5.41, 5.74) is 0.617. The highest BCUT2D eigenvalue weighted by molar-refractivity contribution is 6.33. The van der Waals surface area contributed by atoms with Crippen LogP contribution in [-0.2, 0) is 9.59 Å². The number of nitrogens with one attached hydrogen (secondary N) is 2. The zero-order valence-corrected chi connectivity index (χ0v) is 14.1. The lowest BCUT2D eigenvalue weighted by molar-refractivity contribution is -0.119. The van der Waals surface area contributed by atoms with Gasteiger partial charge < -0.3 is 10.6 Å². The Labute approximate surface area is 148 Å². The maximum atomic E-state index is 13.1. The normalized spacial score (nSPS) is 10.6. The lowest BCUT2D eigenvalue weighted by Gasteiger charge is -2.16. The van der Waals surface area contributed by atoms with E-state index in [1.54, 1.807) is 13.1 Å². The van der Waals surface area contributed by atoms with Crippen molar-refractivity contribution in [2.75, 3.05) is 30.8 Å². The van der Waals surface area contributed by atoms with Gasteiger partial charge in [0.25, 0.3) is 0 Å². The van der Waals surface area contributed by atoms with Crippen molar-refractivity contribution in [3.63, 3.8) is 0 Å². The second-order valence-electron chi connectivity index (χ2n) is 5.40. The number of carbonyl (C=O) groups excluding carboxylic acids is 2. The molecule has 0 aliphatic rings. The SMILES string of the molecule is CN(CC(=O)Nc1cccc(F)c1)CC(=O)Nc1ccc(F)cc1Cl. The molecule has 0 spiro atoms. The van der Waals surface area contributed by atoms with Crippen molar-refractivity contribution in [1.29, 1.82) is 0 Å². The van der Waals surface area contributed by atoms with Gasteiger partial charge in [-0.2, -0.15) is 0 Å². The van der Waals surface area contributed by atoms with E-state index in [2.05, 4.69) is 10.6 Å². The smallest absolute Gasteiger partial charge is 0.238 e. The van der Waals surface area contributed by atoms with Crippen LogP contribution in [0.5, 0.6) is 0 Å². The Bertz CT molecular complexity index is 786. The summed E-state index contributed by atoms with van der Waals surface area (Å²) in [4.78, 5) is 25.3. The largest absolute Gasteiger partial charge is 0.325 e. The summed E-state index contributed by atoms with van der Waals surface area (Å²) in [6.07, 6.45) is 0. The van der Waals surface area contributed by atoms with Crippen LogP contribution in [0.25, 0.3) is 0 Å². The second kappa shape index (κ2) is 8.55. The number of rotatable bonds is 6. The minimum Gasteiger partial charge on any atom is -0.325 e. The minimum atomic E-state index is -0.505. The molecule has 0 aliphatic heterocycles. The zero-order valence-electron chi connectivity index (χ0n) is 13.4. The third kappa shape index (κ3) is 6.13. The molecular formula is C17H16ClF2N3O2. The summed E-state index contributed by atoms with van der Waals surface area (Å²) in [7, 11) is 1.58. The third-order valence-corrected chi connectivity index (χ3v) is 3.45. The van der Waals surface area contributed by atoms with Crippen LogP contribution < -0.4 is 10.6 Å². The Morgan fingerprint density at radius 3 is 2.28 bits per heavy atom. The van der Waals surface area contributed by atoms with Gasteiger partial charge in [-0.05, 0) is 43.4 Å². The van der Waals surface area contributed by atoms with E-state index < -0.39 is 17.5 Å². The molecule has 2 aromatic carbocycles. The van der Waals surface area contributed by atoms with Crippen LogP contribution in [0.4, 0.5) is 20.2 Å². The number of amides is 2. The molecule has 0 aromatic heterocycles. The highest BCUT2D eigenvalue weighted by atomic mass is 35.5. The van der Waals surface area contributed by atoms with Crippen LogP contribution >= 0.6 is 11.6 Å². The van der Waals surface area contributed by atoms with E-state index >= 15 is 0 Å². The molecule has 25 heavy (non-hydrogen) atoms. The average molecular weight is 368 g/mol. The fourth-order valence-electron chi connectivity index (χ4n) is 2.09. The standard InChI is InChI=1S/C17H16ClF2N3O2/c1-23(9-16(24)21-13-4-2-3-11(19)7-13)10-17(25)22-15-6-5-12(20)8-14(15)18/h2-8H,9-10H2,1H3,(H,21,24)(H,22,25). The van der Waals surface area contributed by atoms with E-state index in [9.17, 15) is 18.4 Å². The molecular weight excluding hydrogens is 352 g/mol. The van der Waals surface area contributed by atoms with Gasteiger partial charge in [0.15, 0.2) is 0 Å². The minimum absolute atomic E-state index is 0.0684. The van der Waals surface area contributed by atoms with E-state index in [1.165, 1.54) is 35.2 Å². The lowest BCUT2D eigenvalue weighted by atomic mass is 10.3. The van der Waals surface area contributed by atoms with Crippen molar-refractivity contribution in [2.45, 2.75) is 0 Å². The highest BCUT2D eigenvalue weighted by Gasteiger charge is 2.12. The first kappa shape index (κ1) is 18.8. The third-order valence-electron chi connectivity index (χ3n) is 3.14. The van der Waals surface area contributed by atoms with Crippen molar-refractivity contribution in [1.82, 2.24) is 4.90 Å². The topological polar surface area (TPSA) is 61.4 Å². The molecule has 0 saturated carbocycles. The van der Waals surface area contributed by atoms with E-state index in [4.69, 9.17) is 11.6 Å². The Hall–Kier alpha value is -2.51. The number of likely N-dealkylation sites (N-methyl/N-ethyl adjacent to an activating group) is 1. The molecule has 0 saturated heterocycles. The molecule has 132 valence electrons. The maximum Gasteiger partial charge on any atom is 0.238 e. The molecule has 0 heterocycles. The summed E-state index contributed by atoms with van der Waals surface area (Å²) < 4.78 is 26.0. The van der Waals surface area contributed by atoms with Crippen molar-refractivity contribution in [3.8, 4) is 0 Å². The van der Waals surface area contributed by atoms with Crippen LogP contribution in [0.15, 0.2) is 42.5 Å². The second-order valence-corrected chi connectivity index (χ2v) is 5.81. The van der Waals surface area contributed by atoms with Gasteiger partial charge in [0.1, 0.15) is 11.6 Å². The fraction of sp³-hybridized carbons (Fsp3) is 0.176. The van der Waals surface area contributed by atoms with Crippen molar-refractivity contribution in [3.05, 3.63) is 59.1 Å². The van der Waals surface area contributed by atoms with Gasteiger partial charge in [-0.25, -0.2) is 8.78 Å². The number of hydrogen-bond acceptors (Lipinski definition) is 3. The number of hydrogen-bond donors (Lipinski definition) is 2. The van der Waals surface area contributed by atoms with E-state index in [1.807, 2.05) is 0 Å². The molecule has 2 rings (SSSR count). The molecule has 2 N–H and O–H groups in total. The van der Waals surface area contributed by atoms with E-state index in [0.717, 1.165) is 6.07 Å². The van der Waals surface area contributed by atoms with Gasteiger partial charge in [0.05, 0.1) is 23.8 Å². The molecule has 0 atom stereocenters. The fourth-order valence-corrected chi connectivity index (χ4v) is 2.31. The molecule has 5 nitrogen and oxygen atoms in total. The average Bonchev–Trinajstić information content (AvgIpc) is 2.49. The van der Waals surface area contributed by atoms with E-state index in [0.29, 0.717) is 5.69 Å². The number of halogens is 3. The number of carbonyl (C=O) groups is 2. The number of nitrogens with zero attached hydrogens (tertiary/aromatic N) is 1. The zero-order chi connectivity index (χ0) is 18.4. The molecule has 2 aromatic rings. The predicted octanol–water partition coefficient (Wildman–Crippen LogP) is 3.13. The first-order valence-corrected chi connectivity index (χ1v) is 7.70. The Morgan fingerprint density at radius 2 is 1.64 bits per heavy atom. The monoisotopic (exact) mass is 367 g/mol. The van der Waals surface area contributed by atoms with Crippen molar-refractivity contribution < 1.29 is 18.4 Å². The van der Waals surface area contributed by atoms with Crippen LogP contribution in [0.3, 0.4) is 0 Å². The van der Waals surface area contributed by atoms with Crippen molar-refractivity contribution in [2.24, 2.45) is 0 Å². The van der Waals surface area contributed by atoms with Crippen molar-refractivity contribution >= 4 is 34.8 Å². The lowest BCUT2D eigenvalue weighted by Crippen LogP contribution is -2.36. The van der Waals surface area contributed by atoms with Gasteiger partial charge in [0, 0.05) is 5.69 Å². The summed E-state index contributed by atoms with van der Waals surface area (Å²) in [6, 6.07) is 9.13. The van der Waals surface area contributed by atoms with Gasteiger partial charge in [-0.15, -0.1) is 0 Å². The van der Waals surface area contributed by atoms with Crippen LogP contribution in [-0.4, -0.2) is 36.9 Å². The van der Waals surface area contributed by atoms with Crippen LogP contribution in [0, 0.1) is 11.6 Å². The first-order chi connectivity index (χ1) is 11.8. The quantitative estimate of drug-likeness (QED) is 0.824. The maximum absolute atomic E-state index is 13.1. The molecule has 0 unspecified atom stereocenters. The molecule has 0 bridgehead atoms. The molecule has 0 fully saturated rings. The van der Waals surface area contributed by atoms with Gasteiger partial charge in [0.2, 0.25) is 11.8 Å².